The van der Waals surface area contributed by atoms with Gasteiger partial charge in [0, 0.05) is 0 Å². The SMILES string of the molecule is CC(CC1(S(=O)(=O)O)C=CC=CC1)OC(C)CC1(S(=O)(=O)O)C=CC=CC1. The molecule has 0 radical (unpaired) electrons. The minimum Gasteiger partial charge on any atom is -0.375 e. The molecule has 7 nitrogen and oxygen atoms in total. The molecule has 4 unspecified atom stereocenters. The number of ether oxygens (including phenoxy) is 1. The van der Waals surface area contributed by atoms with Crippen molar-refractivity contribution < 1.29 is 30.7 Å². The number of allylic oxidation sites excluding steroid dienone is 6. The fourth-order valence-electron chi connectivity index (χ4n) is 3.65. The molecule has 0 saturated carbocycles. The van der Waals surface area contributed by atoms with E-state index in [1.165, 1.54) is 12.2 Å². The molecule has 0 spiro atoms. The minimum atomic E-state index is -4.36. The van der Waals surface area contributed by atoms with E-state index in [1.54, 1.807) is 50.3 Å². The summed E-state index contributed by atoms with van der Waals surface area (Å²) in [6.07, 6.45) is 11.9. The van der Waals surface area contributed by atoms with E-state index in [9.17, 15) is 25.9 Å². The third-order valence-corrected chi connectivity index (χ3v) is 7.97. The van der Waals surface area contributed by atoms with Crippen LogP contribution in [0, 0.1) is 0 Å². The van der Waals surface area contributed by atoms with Crippen LogP contribution in [-0.2, 0) is 25.0 Å². The van der Waals surface area contributed by atoms with E-state index in [2.05, 4.69) is 0 Å². The van der Waals surface area contributed by atoms with Crippen molar-refractivity contribution in [3.8, 4) is 0 Å². The Morgan fingerprint density at radius 1 is 0.815 bits per heavy atom. The molecule has 2 rings (SSSR count). The van der Waals surface area contributed by atoms with Crippen LogP contribution >= 0.6 is 0 Å². The van der Waals surface area contributed by atoms with Crippen LogP contribution in [0.5, 0.6) is 0 Å². The Hall–Kier alpha value is -1.26. The summed E-state index contributed by atoms with van der Waals surface area (Å²) in [6.45, 7) is 3.35. The van der Waals surface area contributed by atoms with Gasteiger partial charge in [-0.3, -0.25) is 9.11 Å². The van der Waals surface area contributed by atoms with E-state index < -0.39 is 41.9 Å². The molecular weight excluding hydrogens is 392 g/mol. The number of hydrogen-bond acceptors (Lipinski definition) is 5. The lowest BCUT2D eigenvalue weighted by molar-refractivity contribution is -0.00752. The standard InChI is InChI=1S/C18H26O7S2/c1-15(13-17(26(19,20)21)9-5-3-6-10-17)25-16(2)14-18(27(22,23)24)11-7-4-8-12-18/h3-9,11,15-16H,10,12-14H2,1-2H3,(H,19,20,21)(H,22,23,24). The molecular formula is C18H26O7S2. The average Bonchev–Trinajstić information content (AvgIpc) is 2.54. The normalized spacial score (nSPS) is 30.4. The Balaban J connectivity index is 2.10. The van der Waals surface area contributed by atoms with Gasteiger partial charge in [0.25, 0.3) is 20.2 Å². The van der Waals surface area contributed by atoms with E-state index in [4.69, 9.17) is 4.74 Å². The second-order valence-corrected chi connectivity index (χ2v) is 10.8. The van der Waals surface area contributed by atoms with E-state index >= 15 is 0 Å². The predicted octanol–water partition coefficient (Wildman–Crippen LogP) is 2.85. The van der Waals surface area contributed by atoms with Crippen LogP contribution < -0.4 is 0 Å². The molecule has 152 valence electrons. The molecule has 2 N–H and O–H groups in total. The van der Waals surface area contributed by atoms with Crippen molar-refractivity contribution in [3.05, 3.63) is 48.6 Å². The summed E-state index contributed by atoms with van der Waals surface area (Å²) in [5.74, 6) is 0. The molecule has 9 heteroatoms. The predicted molar refractivity (Wildman–Crippen MR) is 104 cm³/mol. The van der Waals surface area contributed by atoms with Gasteiger partial charge in [0.1, 0.15) is 9.49 Å². The fourth-order valence-corrected chi connectivity index (χ4v) is 5.66. The summed E-state index contributed by atoms with van der Waals surface area (Å²) < 4.78 is 69.9. The summed E-state index contributed by atoms with van der Waals surface area (Å²) in [4.78, 5) is 0. The van der Waals surface area contributed by atoms with Gasteiger partial charge in [-0.05, 0) is 39.5 Å². The highest BCUT2D eigenvalue weighted by Crippen LogP contribution is 2.35. The molecule has 0 heterocycles. The van der Waals surface area contributed by atoms with Gasteiger partial charge in [-0.2, -0.15) is 16.8 Å². The van der Waals surface area contributed by atoms with Gasteiger partial charge in [0.15, 0.2) is 0 Å². The molecule has 27 heavy (non-hydrogen) atoms. The first-order valence-electron chi connectivity index (χ1n) is 8.69. The highest BCUT2D eigenvalue weighted by atomic mass is 32.2. The fraction of sp³-hybridized carbons (Fsp3) is 0.556. The molecule has 2 aliphatic rings. The van der Waals surface area contributed by atoms with Gasteiger partial charge in [-0.15, -0.1) is 0 Å². The van der Waals surface area contributed by atoms with Crippen molar-refractivity contribution in [1.82, 2.24) is 0 Å². The molecule has 0 aliphatic heterocycles. The first-order chi connectivity index (χ1) is 12.4. The molecule has 0 aromatic rings. The van der Waals surface area contributed by atoms with Crippen LogP contribution in [0.25, 0.3) is 0 Å². The largest absolute Gasteiger partial charge is 0.375 e. The van der Waals surface area contributed by atoms with Crippen molar-refractivity contribution >= 4 is 20.2 Å². The second-order valence-electron chi connectivity index (χ2n) is 7.23. The Labute approximate surface area is 161 Å². The molecule has 4 atom stereocenters. The summed E-state index contributed by atoms with van der Waals surface area (Å²) in [5.41, 5.74) is 0. The third-order valence-electron chi connectivity index (χ3n) is 4.98. The first kappa shape index (κ1) is 22.0. The van der Waals surface area contributed by atoms with E-state index in [0.717, 1.165) is 0 Å². The Kier molecular flexibility index (Phi) is 6.53. The zero-order chi connectivity index (χ0) is 20.3. The highest BCUT2D eigenvalue weighted by molar-refractivity contribution is 7.87. The maximum absolute atomic E-state index is 11.9. The number of hydrogen-bond donors (Lipinski definition) is 2. The van der Waals surface area contributed by atoms with Crippen LogP contribution in [-0.4, -0.2) is 47.6 Å². The first-order valence-corrected chi connectivity index (χ1v) is 11.6. The molecule has 0 fully saturated rings. The Morgan fingerprint density at radius 2 is 1.19 bits per heavy atom. The van der Waals surface area contributed by atoms with E-state index in [1.807, 2.05) is 0 Å². The topological polar surface area (TPSA) is 118 Å². The number of rotatable bonds is 8. The summed E-state index contributed by atoms with van der Waals surface area (Å²) in [5, 5.41) is 0. The van der Waals surface area contributed by atoms with Crippen molar-refractivity contribution in [2.24, 2.45) is 0 Å². The van der Waals surface area contributed by atoms with Crippen LogP contribution in [0.2, 0.25) is 0 Å². The molecule has 2 aliphatic carbocycles. The average molecular weight is 419 g/mol. The van der Waals surface area contributed by atoms with Crippen molar-refractivity contribution in [2.45, 2.75) is 61.2 Å². The zero-order valence-corrected chi connectivity index (χ0v) is 17.0. The smallest absolute Gasteiger partial charge is 0.274 e. The second kappa shape index (κ2) is 8.00. The van der Waals surface area contributed by atoms with Crippen molar-refractivity contribution in [1.29, 1.82) is 0 Å². The molecule has 0 bridgehead atoms. The van der Waals surface area contributed by atoms with Gasteiger partial charge in [0.2, 0.25) is 0 Å². The quantitative estimate of drug-likeness (QED) is 0.582. The van der Waals surface area contributed by atoms with E-state index in [-0.39, 0.29) is 25.7 Å². The van der Waals surface area contributed by atoms with Crippen LogP contribution in [0.1, 0.15) is 39.5 Å². The lowest BCUT2D eigenvalue weighted by Crippen LogP contribution is -2.43. The van der Waals surface area contributed by atoms with Crippen LogP contribution in [0.3, 0.4) is 0 Å². The van der Waals surface area contributed by atoms with Crippen LogP contribution in [0.15, 0.2) is 48.6 Å². The van der Waals surface area contributed by atoms with Gasteiger partial charge in [0.05, 0.1) is 12.2 Å². The maximum Gasteiger partial charge on any atom is 0.274 e. The lowest BCUT2D eigenvalue weighted by atomic mass is 9.92. The maximum atomic E-state index is 11.9. The van der Waals surface area contributed by atoms with E-state index in [0.29, 0.717) is 0 Å². The minimum absolute atomic E-state index is 0.0195. The highest BCUT2D eigenvalue weighted by Gasteiger charge is 2.44. The van der Waals surface area contributed by atoms with Gasteiger partial charge < -0.3 is 4.74 Å². The molecule has 0 amide bonds. The monoisotopic (exact) mass is 418 g/mol. The molecule has 0 saturated heterocycles. The Bertz CT molecular complexity index is 795. The van der Waals surface area contributed by atoms with Gasteiger partial charge in [-0.1, -0.05) is 48.6 Å². The summed E-state index contributed by atoms with van der Waals surface area (Å²) in [6, 6.07) is 0. The molecule has 0 aromatic heterocycles. The summed E-state index contributed by atoms with van der Waals surface area (Å²) >= 11 is 0. The summed E-state index contributed by atoms with van der Waals surface area (Å²) in [7, 11) is -8.71. The van der Waals surface area contributed by atoms with Crippen molar-refractivity contribution in [2.75, 3.05) is 0 Å². The van der Waals surface area contributed by atoms with Gasteiger partial charge in [-0.25, -0.2) is 0 Å². The lowest BCUT2D eigenvalue weighted by Gasteiger charge is -2.34. The third kappa shape index (κ3) is 4.97. The molecule has 0 aromatic carbocycles. The van der Waals surface area contributed by atoms with Crippen molar-refractivity contribution in [3.63, 3.8) is 0 Å². The van der Waals surface area contributed by atoms with Gasteiger partial charge >= 0.3 is 0 Å². The van der Waals surface area contributed by atoms with Crippen LogP contribution in [0.4, 0.5) is 0 Å². The Morgan fingerprint density at radius 3 is 1.44 bits per heavy atom. The zero-order valence-electron chi connectivity index (χ0n) is 15.4.